The molecule has 0 aliphatic heterocycles. The van der Waals surface area contributed by atoms with Crippen LogP contribution in [0.25, 0.3) is 44.8 Å². The molecule has 5 aromatic rings. The summed E-state index contributed by atoms with van der Waals surface area (Å²) in [7, 11) is 0. The van der Waals surface area contributed by atoms with Gasteiger partial charge in [0.1, 0.15) is 11.6 Å². The number of hydrogen-bond donors (Lipinski definition) is 0. The second-order valence-electron chi connectivity index (χ2n) is 6.92. The Balaban J connectivity index is 1.78. The summed E-state index contributed by atoms with van der Waals surface area (Å²) in [6.07, 6.45) is 0. The maximum Gasteiger partial charge on any atom is 0.141 e. The molecule has 0 aliphatic carbocycles. The van der Waals surface area contributed by atoms with Crippen molar-refractivity contribution in [2.45, 2.75) is 26.9 Å². The van der Waals surface area contributed by atoms with Crippen molar-refractivity contribution in [2.24, 2.45) is 0 Å². The van der Waals surface area contributed by atoms with Crippen molar-refractivity contribution >= 4 is 22.1 Å². The summed E-state index contributed by atoms with van der Waals surface area (Å²) in [6, 6.07) is 25.2. The monoisotopic (exact) mass is 366 g/mol. The Bertz CT molecular complexity index is 1170. The number of benzene rings is 3. The molecule has 2 aromatic heterocycles. The fourth-order valence-corrected chi connectivity index (χ4v) is 4.00. The quantitative estimate of drug-likeness (QED) is 0.405. The van der Waals surface area contributed by atoms with Crippen molar-refractivity contribution in [3.63, 3.8) is 0 Å². The van der Waals surface area contributed by atoms with Crippen molar-refractivity contribution in [1.82, 2.24) is 19.1 Å². The van der Waals surface area contributed by atoms with Crippen LogP contribution in [-0.2, 0) is 13.1 Å². The van der Waals surface area contributed by atoms with Crippen LogP contribution in [-0.4, -0.2) is 19.1 Å². The number of imidazole rings is 2. The number of rotatable bonds is 4. The lowest BCUT2D eigenvalue weighted by Crippen LogP contribution is -1.99. The molecule has 28 heavy (non-hydrogen) atoms. The molecule has 0 saturated heterocycles. The van der Waals surface area contributed by atoms with Crippen LogP contribution in [0.1, 0.15) is 13.8 Å². The first-order chi connectivity index (χ1) is 13.8. The number of fused-ring (bicyclic) bond motifs is 2. The van der Waals surface area contributed by atoms with Gasteiger partial charge in [-0.2, -0.15) is 0 Å². The number of aryl methyl sites for hydroxylation is 2. The maximum absolute atomic E-state index is 4.96. The predicted octanol–water partition coefficient (Wildman–Crippen LogP) is 5.76. The molecule has 138 valence electrons. The molecule has 0 amide bonds. The van der Waals surface area contributed by atoms with Crippen molar-refractivity contribution in [2.75, 3.05) is 0 Å². The van der Waals surface area contributed by atoms with E-state index in [0.717, 1.165) is 57.9 Å². The molecule has 0 atom stereocenters. The first-order valence-electron chi connectivity index (χ1n) is 9.81. The molecule has 0 aliphatic rings. The van der Waals surface area contributed by atoms with E-state index >= 15 is 0 Å². The first-order valence-corrected chi connectivity index (χ1v) is 9.81. The zero-order valence-corrected chi connectivity index (χ0v) is 16.1. The molecule has 0 spiro atoms. The van der Waals surface area contributed by atoms with Crippen LogP contribution >= 0.6 is 0 Å². The normalized spacial score (nSPS) is 11.5. The maximum atomic E-state index is 4.96. The van der Waals surface area contributed by atoms with Gasteiger partial charge in [-0.25, -0.2) is 9.97 Å². The molecule has 3 aromatic carbocycles. The van der Waals surface area contributed by atoms with Gasteiger partial charge in [-0.05, 0) is 26.0 Å². The van der Waals surface area contributed by atoms with E-state index < -0.39 is 0 Å². The van der Waals surface area contributed by atoms with Crippen LogP contribution in [0, 0.1) is 0 Å². The second-order valence-corrected chi connectivity index (χ2v) is 6.92. The molecule has 5 rings (SSSR count). The molecular weight excluding hydrogens is 344 g/mol. The summed E-state index contributed by atoms with van der Waals surface area (Å²) in [4.78, 5) is 9.91. The minimum absolute atomic E-state index is 0.873. The number of aromatic nitrogens is 4. The Morgan fingerprint density at radius 1 is 0.607 bits per heavy atom. The lowest BCUT2D eigenvalue weighted by Gasteiger charge is -2.07. The van der Waals surface area contributed by atoms with Crippen molar-refractivity contribution < 1.29 is 0 Å². The topological polar surface area (TPSA) is 35.6 Å². The van der Waals surface area contributed by atoms with Gasteiger partial charge >= 0.3 is 0 Å². The predicted molar refractivity (Wildman–Crippen MR) is 115 cm³/mol. The largest absolute Gasteiger partial charge is 0.324 e. The fraction of sp³-hybridized carbons (Fsp3) is 0.167. The molecular formula is C24H22N4. The van der Waals surface area contributed by atoms with E-state index in [-0.39, 0.29) is 0 Å². The smallest absolute Gasteiger partial charge is 0.141 e. The standard InChI is InChI=1S/C24H22N4/c1-3-27-21-16-22-20(15-19(21)25-23(27)17-11-7-5-8-12-17)26-24(28(22)4-2)18-13-9-6-10-14-18/h5-16H,3-4H2,1-2H3. The van der Waals surface area contributed by atoms with Gasteiger partial charge in [-0.3, -0.25) is 0 Å². The van der Waals surface area contributed by atoms with Gasteiger partial charge in [0.25, 0.3) is 0 Å². The minimum atomic E-state index is 0.873. The van der Waals surface area contributed by atoms with Crippen LogP contribution < -0.4 is 0 Å². The molecule has 2 heterocycles. The SMILES string of the molecule is CCn1c(-c2ccccc2)nc2cc3nc(-c4ccccc4)n(CC)c3cc21. The highest BCUT2D eigenvalue weighted by atomic mass is 15.1. The molecule has 0 N–H and O–H groups in total. The summed E-state index contributed by atoms with van der Waals surface area (Å²) in [5.41, 5.74) is 6.58. The summed E-state index contributed by atoms with van der Waals surface area (Å²) in [5, 5.41) is 0. The van der Waals surface area contributed by atoms with Gasteiger partial charge in [-0.1, -0.05) is 60.7 Å². The van der Waals surface area contributed by atoms with Gasteiger partial charge in [0.2, 0.25) is 0 Å². The van der Waals surface area contributed by atoms with Gasteiger partial charge in [-0.15, -0.1) is 0 Å². The third kappa shape index (κ3) is 2.53. The van der Waals surface area contributed by atoms with E-state index in [0.29, 0.717) is 0 Å². The summed E-state index contributed by atoms with van der Waals surface area (Å²) in [6.45, 7) is 6.09. The zero-order chi connectivity index (χ0) is 19.1. The molecule has 0 unspecified atom stereocenters. The Labute approximate surface area is 164 Å². The van der Waals surface area contributed by atoms with Crippen molar-refractivity contribution in [3.05, 3.63) is 72.8 Å². The summed E-state index contributed by atoms with van der Waals surface area (Å²) < 4.78 is 4.58. The molecule has 0 bridgehead atoms. The van der Waals surface area contributed by atoms with E-state index in [1.54, 1.807) is 0 Å². The Hall–Kier alpha value is -3.40. The summed E-state index contributed by atoms with van der Waals surface area (Å²) >= 11 is 0. The van der Waals surface area contributed by atoms with Crippen LogP contribution in [0.2, 0.25) is 0 Å². The van der Waals surface area contributed by atoms with Crippen LogP contribution in [0.15, 0.2) is 72.8 Å². The molecule has 0 radical (unpaired) electrons. The van der Waals surface area contributed by atoms with E-state index in [2.05, 4.69) is 83.6 Å². The first kappa shape index (κ1) is 16.8. The Morgan fingerprint density at radius 3 is 1.43 bits per heavy atom. The highest BCUT2D eigenvalue weighted by molar-refractivity contribution is 5.95. The van der Waals surface area contributed by atoms with E-state index in [1.807, 2.05) is 12.1 Å². The lowest BCUT2D eigenvalue weighted by molar-refractivity contribution is 0.790. The average molecular weight is 366 g/mol. The summed E-state index contributed by atoms with van der Waals surface area (Å²) in [5.74, 6) is 2.02. The van der Waals surface area contributed by atoms with Crippen LogP contribution in [0.3, 0.4) is 0 Å². The molecule has 4 heteroatoms. The molecule has 4 nitrogen and oxygen atoms in total. The van der Waals surface area contributed by atoms with E-state index in [9.17, 15) is 0 Å². The van der Waals surface area contributed by atoms with Crippen LogP contribution in [0.5, 0.6) is 0 Å². The number of hydrogen-bond acceptors (Lipinski definition) is 2. The third-order valence-corrected chi connectivity index (χ3v) is 5.31. The fourth-order valence-electron chi connectivity index (χ4n) is 4.00. The van der Waals surface area contributed by atoms with Gasteiger partial charge in [0.15, 0.2) is 0 Å². The molecule has 0 fully saturated rings. The zero-order valence-electron chi connectivity index (χ0n) is 16.1. The van der Waals surface area contributed by atoms with Gasteiger partial charge in [0, 0.05) is 24.2 Å². The third-order valence-electron chi connectivity index (χ3n) is 5.31. The van der Waals surface area contributed by atoms with E-state index in [1.165, 1.54) is 0 Å². The average Bonchev–Trinajstić information content (AvgIpc) is 3.30. The van der Waals surface area contributed by atoms with Crippen molar-refractivity contribution in [3.8, 4) is 22.8 Å². The lowest BCUT2D eigenvalue weighted by atomic mass is 10.2. The Morgan fingerprint density at radius 2 is 1.04 bits per heavy atom. The number of nitrogens with zero attached hydrogens (tertiary/aromatic N) is 4. The van der Waals surface area contributed by atoms with E-state index in [4.69, 9.17) is 9.97 Å². The van der Waals surface area contributed by atoms with Gasteiger partial charge in [0.05, 0.1) is 22.1 Å². The minimum Gasteiger partial charge on any atom is -0.324 e. The highest BCUT2D eigenvalue weighted by Gasteiger charge is 2.17. The van der Waals surface area contributed by atoms with Crippen molar-refractivity contribution in [1.29, 1.82) is 0 Å². The van der Waals surface area contributed by atoms with Gasteiger partial charge < -0.3 is 9.13 Å². The second kappa shape index (κ2) is 6.64. The highest BCUT2D eigenvalue weighted by Crippen LogP contribution is 2.31. The molecule has 0 saturated carbocycles. The van der Waals surface area contributed by atoms with Crippen LogP contribution in [0.4, 0.5) is 0 Å². The Kier molecular flexibility index (Phi) is 3.97.